The van der Waals surface area contributed by atoms with Crippen LogP contribution in [0.25, 0.3) is 11.2 Å². The number of aromatic nitrogens is 3. The molecule has 0 saturated carbocycles. The van der Waals surface area contributed by atoms with E-state index >= 15 is 0 Å². The number of carbonyl (C=O) groups is 1. The molecule has 0 fully saturated rings. The molecule has 0 unspecified atom stereocenters. The topological polar surface area (TPSA) is 73.8 Å². The Kier molecular flexibility index (Phi) is 5.37. The fourth-order valence-electron chi connectivity index (χ4n) is 2.11. The number of carbonyl (C=O) groups excluding carboxylic acids is 1. The zero-order chi connectivity index (χ0) is 14.5. The Balaban J connectivity index is 2.19. The normalized spacial score (nSPS) is 11.1. The Bertz CT molecular complexity index is 614. The van der Waals surface area contributed by atoms with Crippen molar-refractivity contribution in [2.45, 2.75) is 32.2 Å². The fraction of sp³-hybridized carbons (Fsp3) is 0.462. The Morgan fingerprint density at radius 3 is 2.95 bits per heavy atom. The van der Waals surface area contributed by atoms with Crippen LogP contribution in [0.5, 0.6) is 0 Å². The summed E-state index contributed by atoms with van der Waals surface area (Å²) in [4.78, 5) is 19.7. The molecule has 0 saturated heterocycles. The van der Waals surface area contributed by atoms with Gasteiger partial charge < -0.3 is 10.3 Å². The molecule has 2 N–H and O–H groups in total. The van der Waals surface area contributed by atoms with Crippen LogP contribution in [0.15, 0.2) is 16.7 Å². The number of halogens is 2. The van der Waals surface area contributed by atoms with E-state index in [2.05, 4.69) is 30.5 Å². The van der Waals surface area contributed by atoms with Gasteiger partial charge in [0.25, 0.3) is 0 Å². The molecule has 20 heavy (non-hydrogen) atoms. The standard InChI is InChI=1S/C13H16BrClN4O/c14-9-7-10-13(17-8-9)19(12(18-10)4-5-15)6-2-1-3-11(16)20/h7-8H,1-6H2,(H2,16,20). The Morgan fingerprint density at radius 1 is 1.45 bits per heavy atom. The molecule has 2 aromatic heterocycles. The lowest BCUT2D eigenvalue weighted by atomic mass is 10.2. The maximum Gasteiger partial charge on any atom is 0.217 e. The van der Waals surface area contributed by atoms with E-state index in [-0.39, 0.29) is 5.91 Å². The Hall–Kier alpha value is -1.14. The lowest BCUT2D eigenvalue weighted by molar-refractivity contribution is -0.118. The number of fused-ring (bicyclic) bond motifs is 1. The Labute approximate surface area is 130 Å². The molecule has 0 aromatic carbocycles. The molecule has 0 spiro atoms. The first-order valence-electron chi connectivity index (χ1n) is 6.46. The third-order valence-electron chi connectivity index (χ3n) is 3.00. The highest BCUT2D eigenvalue weighted by molar-refractivity contribution is 9.10. The number of unbranched alkanes of at least 4 members (excludes halogenated alkanes) is 1. The summed E-state index contributed by atoms with van der Waals surface area (Å²) in [6.45, 7) is 0.768. The molecule has 2 rings (SSSR count). The molecule has 0 aliphatic rings. The van der Waals surface area contributed by atoms with Crippen molar-refractivity contribution in [3.05, 3.63) is 22.6 Å². The van der Waals surface area contributed by atoms with Crippen LogP contribution >= 0.6 is 27.5 Å². The summed E-state index contributed by atoms with van der Waals surface area (Å²) in [6, 6.07) is 1.94. The van der Waals surface area contributed by atoms with Gasteiger partial charge in [-0.1, -0.05) is 0 Å². The lowest BCUT2D eigenvalue weighted by Crippen LogP contribution is -2.11. The van der Waals surface area contributed by atoms with E-state index in [1.807, 2.05) is 6.07 Å². The van der Waals surface area contributed by atoms with Gasteiger partial charge >= 0.3 is 0 Å². The number of hydrogen-bond acceptors (Lipinski definition) is 3. The van der Waals surface area contributed by atoms with Gasteiger partial charge in [-0.2, -0.15) is 0 Å². The van der Waals surface area contributed by atoms with E-state index in [0.29, 0.717) is 18.7 Å². The summed E-state index contributed by atoms with van der Waals surface area (Å²) >= 11 is 9.22. The van der Waals surface area contributed by atoms with E-state index in [1.54, 1.807) is 6.20 Å². The predicted molar refractivity (Wildman–Crippen MR) is 82.7 cm³/mol. The minimum atomic E-state index is -0.261. The summed E-state index contributed by atoms with van der Waals surface area (Å²) in [5.41, 5.74) is 6.85. The van der Waals surface area contributed by atoms with Gasteiger partial charge in [-0.25, -0.2) is 9.97 Å². The molecule has 7 heteroatoms. The highest BCUT2D eigenvalue weighted by Gasteiger charge is 2.11. The molecular formula is C13H16BrClN4O. The van der Waals surface area contributed by atoms with Crippen molar-refractivity contribution >= 4 is 44.6 Å². The molecule has 2 heterocycles. The SMILES string of the molecule is NC(=O)CCCCn1c(CCCl)nc2cc(Br)cnc21. The molecule has 0 radical (unpaired) electrons. The first-order valence-corrected chi connectivity index (χ1v) is 7.79. The highest BCUT2D eigenvalue weighted by atomic mass is 79.9. The van der Waals surface area contributed by atoms with E-state index in [1.165, 1.54) is 0 Å². The quantitative estimate of drug-likeness (QED) is 0.610. The molecule has 0 atom stereocenters. The number of alkyl halides is 1. The monoisotopic (exact) mass is 358 g/mol. The van der Waals surface area contributed by atoms with Gasteiger partial charge in [0.15, 0.2) is 5.65 Å². The third-order valence-corrected chi connectivity index (χ3v) is 3.63. The number of amides is 1. The van der Waals surface area contributed by atoms with Gasteiger partial charge in [-0.15, -0.1) is 11.6 Å². The van der Waals surface area contributed by atoms with Gasteiger partial charge in [0.05, 0.1) is 0 Å². The Morgan fingerprint density at radius 2 is 2.25 bits per heavy atom. The van der Waals surface area contributed by atoms with Crippen molar-refractivity contribution in [1.82, 2.24) is 14.5 Å². The zero-order valence-corrected chi connectivity index (χ0v) is 13.3. The average molecular weight is 360 g/mol. The van der Waals surface area contributed by atoms with E-state index in [4.69, 9.17) is 17.3 Å². The van der Waals surface area contributed by atoms with Crippen molar-refractivity contribution in [2.75, 3.05) is 5.88 Å². The maximum absolute atomic E-state index is 10.7. The first-order chi connectivity index (χ1) is 9.61. The molecular weight excluding hydrogens is 344 g/mol. The molecule has 0 bridgehead atoms. The largest absolute Gasteiger partial charge is 0.370 e. The molecule has 2 aromatic rings. The molecule has 0 aliphatic carbocycles. The predicted octanol–water partition coefficient (Wildman–Crippen LogP) is 2.63. The number of nitrogens with two attached hydrogens (primary N) is 1. The first kappa shape index (κ1) is 15.3. The lowest BCUT2D eigenvalue weighted by Gasteiger charge is -2.07. The summed E-state index contributed by atoms with van der Waals surface area (Å²) < 4.78 is 2.98. The zero-order valence-electron chi connectivity index (χ0n) is 11.0. The van der Waals surface area contributed by atoms with Gasteiger partial charge in [-0.05, 0) is 34.8 Å². The maximum atomic E-state index is 10.7. The molecule has 5 nitrogen and oxygen atoms in total. The van der Waals surface area contributed by atoms with E-state index in [0.717, 1.165) is 40.8 Å². The summed E-state index contributed by atoms with van der Waals surface area (Å²) in [5, 5.41) is 0. The van der Waals surface area contributed by atoms with Crippen molar-refractivity contribution in [2.24, 2.45) is 5.73 Å². The second-order valence-corrected chi connectivity index (χ2v) is 5.83. The van der Waals surface area contributed by atoms with Gasteiger partial charge in [0.2, 0.25) is 5.91 Å². The number of nitrogens with zero attached hydrogens (tertiary/aromatic N) is 3. The van der Waals surface area contributed by atoms with Crippen LogP contribution in [0, 0.1) is 0 Å². The second-order valence-electron chi connectivity index (χ2n) is 4.54. The third kappa shape index (κ3) is 3.70. The van der Waals surface area contributed by atoms with Crippen molar-refractivity contribution in [1.29, 1.82) is 0 Å². The van der Waals surface area contributed by atoms with Crippen LogP contribution in [-0.2, 0) is 17.8 Å². The number of primary amides is 1. The van der Waals surface area contributed by atoms with Crippen LogP contribution < -0.4 is 5.73 Å². The van der Waals surface area contributed by atoms with Crippen molar-refractivity contribution in [3.63, 3.8) is 0 Å². The van der Waals surface area contributed by atoms with E-state index < -0.39 is 0 Å². The number of hydrogen-bond donors (Lipinski definition) is 1. The van der Waals surface area contributed by atoms with Gasteiger partial charge in [0, 0.05) is 35.9 Å². The van der Waals surface area contributed by atoms with Crippen LogP contribution in [0.2, 0.25) is 0 Å². The minimum absolute atomic E-state index is 0.261. The summed E-state index contributed by atoms with van der Waals surface area (Å²) in [5.74, 6) is 1.19. The number of imidazole rings is 1. The van der Waals surface area contributed by atoms with Crippen LogP contribution in [-0.4, -0.2) is 26.3 Å². The fourth-order valence-corrected chi connectivity index (χ4v) is 2.60. The molecule has 108 valence electrons. The molecule has 1 amide bonds. The second kappa shape index (κ2) is 7.04. The summed E-state index contributed by atoms with van der Waals surface area (Å²) in [7, 11) is 0. The van der Waals surface area contributed by atoms with Crippen molar-refractivity contribution in [3.8, 4) is 0 Å². The van der Waals surface area contributed by atoms with E-state index in [9.17, 15) is 4.79 Å². The number of pyridine rings is 1. The van der Waals surface area contributed by atoms with Crippen LogP contribution in [0.3, 0.4) is 0 Å². The van der Waals surface area contributed by atoms with Gasteiger partial charge in [-0.3, -0.25) is 4.79 Å². The minimum Gasteiger partial charge on any atom is -0.370 e. The summed E-state index contributed by atoms with van der Waals surface area (Å²) in [6.07, 6.45) is 4.50. The van der Waals surface area contributed by atoms with Gasteiger partial charge in [0.1, 0.15) is 11.3 Å². The average Bonchev–Trinajstić information content (AvgIpc) is 2.72. The highest BCUT2D eigenvalue weighted by Crippen LogP contribution is 2.19. The van der Waals surface area contributed by atoms with Crippen molar-refractivity contribution < 1.29 is 4.79 Å². The van der Waals surface area contributed by atoms with Crippen LogP contribution in [0.4, 0.5) is 0 Å². The molecule has 0 aliphatic heterocycles. The number of aryl methyl sites for hydroxylation is 2. The number of rotatable bonds is 7. The van der Waals surface area contributed by atoms with Crippen LogP contribution in [0.1, 0.15) is 25.1 Å². The smallest absolute Gasteiger partial charge is 0.217 e.